The Kier molecular flexibility index (Phi) is 12.8. The number of ether oxygens (including phenoxy) is 1. The Bertz CT molecular complexity index is 352. The highest BCUT2D eigenvalue weighted by atomic mass is 16.6. The van der Waals surface area contributed by atoms with Gasteiger partial charge in [-0.05, 0) is 19.8 Å². The molecule has 0 bridgehead atoms. The van der Waals surface area contributed by atoms with Gasteiger partial charge in [-0.15, -0.1) is 0 Å². The van der Waals surface area contributed by atoms with Gasteiger partial charge in [0, 0.05) is 0 Å². The number of rotatable bonds is 14. The summed E-state index contributed by atoms with van der Waals surface area (Å²) in [6, 6.07) is 0. The number of piperazine rings is 1. The van der Waals surface area contributed by atoms with Gasteiger partial charge in [0.15, 0.2) is 0 Å². The van der Waals surface area contributed by atoms with Crippen LogP contribution in [0.5, 0.6) is 0 Å². The summed E-state index contributed by atoms with van der Waals surface area (Å²) in [5, 5.41) is 0. The fourth-order valence-corrected chi connectivity index (χ4v) is 3.90. The Balaban J connectivity index is 1.94. The Morgan fingerprint density at radius 1 is 0.808 bits per heavy atom. The van der Waals surface area contributed by atoms with Crippen LogP contribution in [0, 0.1) is 0 Å². The van der Waals surface area contributed by atoms with Crippen molar-refractivity contribution >= 4 is 6.09 Å². The number of quaternary nitrogens is 1. The molecule has 0 unspecified atom stereocenters. The van der Waals surface area contributed by atoms with E-state index < -0.39 is 0 Å². The second-order valence-electron chi connectivity index (χ2n) is 8.37. The standard InChI is InChI=1S/C22H45N2O2/c1-4-6-7-8-9-10-11-12-13-14-15-16-19-24(3)20-17-23(18-21-24)22(25)26-5-2/h4-21H2,1-3H3/q+1. The zero-order valence-electron chi connectivity index (χ0n) is 17.9. The molecule has 4 nitrogen and oxygen atoms in total. The van der Waals surface area contributed by atoms with Crippen LogP contribution in [0.25, 0.3) is 0 Å². The number of hydrogen-bond acceptors (Lipinski definition) is 2. The maximum absolute atomic E-state index is 11.8. The topological polar surface area (TPSA) is 29.5 Å². The minimum Gasteiger partial charge on any atom is -0.450 e. The van der Waals surface area contributed by atoms with Crippen molar-refractivity contribution in [1.82, 2.24) is 4.90 Å². The van der Waals surface area contributed by atoms with Gasteiger partial charge in [-0.3, -0.25) is 4.90 Å². The fourth-order valence-electron chi connectivity index (χ4n) is 3.90. The van der Waals surface area contributed by atoms with Crippen molar-refractivity contribution in [2.75, 3.05) is 46.4 Å². The first-order valence-corrected chi connectivity index (χ1v) is 11.4. The molecule has 1 heterocycles. The summed E-state index contributed by atoms with van der Waals surface area (Å²) in [6.07, 6.45) is 16.7. The van der Waals surface area contributed by atoms with Crippen molar-refractivity contribution in [2.24, 2.45) is 0 Å². The van der Waals surface area contributed by atoms with Crippen LogP contribution >= 0.6 is 0 Å². The van der Waals surface area contributed by atoms with Gasteiger partial charge in [0.05, 0.1) is 46.4 Å². The maximum atomic E-state index is 11.8. The molecular formula is C22H45N2O2+. The van der Waals surface area contributed by atoms with E-state index >= 15 is 0 Å². The van der Waals surface area contributed by atoms with Crippen LogP contribution in [0.2, 0.25) is 0 Å². The van der Waals surface area contributed by atoms with E-state index in [4.69, 9.17) is 4.74 Å². The van der Waals surface area contributed by atoms with Crippen LogP contribution in [0.3, 0.4) is 0 Å². The van der Waals surface area contributed by atoms with E-state index in [1.165, 1.54) is 83.6 Å². The van der Waals surface area contributed by atoms with Gasteiger partial charge in [0.25, 0.3) is 0 Å². The third-order valence-electron chi connectivity index (χ3n) is 5.90. The van der Waals surface area contributed by atoms with Gasteiger partial charge in [0.1, 0.15) is 0 Å². The quantitative estimate of drug-likeness (QED) is 0.294. The summed E-state index contributed by atoms with van der Waals surface area (Å²) in [5.74, 6) is 0. The van der Waals surface area contributed by atoms with E-state index in [2.05, 4.69) is 14.0 Å². The molecule has 26 heavy (non-hydrogen) atoms. The van der Waals surface area contributed by atoms with E-state index in [9.17, 15) is 4.79 Å². The van der Waals surface area contributed by atoms with E-state index in [0.717, 1.165) is 30.7 Å². The molecule has 0 N–H and O–H groups in total. The van der Waals surface area contributed by atoms with Crippen molar-refractivity contribution in [3.8, 4) is 0 Å². The number of hydrogen-bond donors (Lipinski definition) is 0. The number of amides is 1. The van der Waals surface area contributed by atoms with E-state index in [1.54, 1.807) is 0 Å². The predicted octanol–water partition coefficient (Wildman–Crippen LogP) is 5.61. The summed E-state index contributed by atoms with van der Waals surface area (Å²) >= 11 is 0. The molecule has 0 aromatic carbocycles. The second kappa shape index (κ2) is 14.3. The van der Waals surface area contributed by atoms with Crippen molar-refractivity contribution in [3.05, 3.63) is 0 Å². The summed E-state index contributed by atoms with van der Waals surface area (Å²) < 4.78 is 6.23. The Labute approximate surface area is 162 Å². The summed E-state index contributed by atoms with van der Waals surface area (Å²) in [4.78, 5) is 13.6. The Morgan fingerprint density at radius 2 is 1.27 bits per heavy atom. The third kappa shape index (κ3) is 10.4. The highest BCUT2D eigenvalue weighted by Crippen LogP contribution is 2.15. The predicted molar refractivity (Wildman–Crippen MR) is 110 cm³/mol. The van der Waals surface area contributed by atoms with E-state index in [0.29, 0.717) is 6.61 Å². The molecule has 0 saturated carbocycles. The van der Waals surface area contributed by atoms with Gasteiger partial charge >= 0.3 is 6.09 Å². The molecule has 4 heteroatoms. The SMILES string of the molecule is CCCCCCCCCCCCCC[N+]1(C)CCN(C(=O)OCC)CC1. The lowest BCUT2D eigenvalue weighted by Crippen LogP contribution is -2.58. The molecule has 0 radical (unpaired) electrons. The zero-order valence-corrected chi connectivity index (χ0v) is 17.9. The Morgan fingerprint density at radius 3 is 1.73 bits per heavy atom. The molecule has 0 spiro atoms. The van der Waals surface area contributed by atoms with E-state index in [-0.39, 0.29) is 6.09 Å². The molecular weight excluding hydrogens is 324 g/mol. The van der Waals surface area contributed by atoms with Crippen LogP contribution in [-0.2, 0) is 4.74 Å². The lowest BCUT2D eigenvalue weighted by molar-refractivity contribution is -0.913. The van der Waals surface area contributed by atoms with Gasteiger partial charge in [0.2, 0.25) is 0 Å². The van der Waals surface area contributed by atoms with Gasteiger partial charge < -0.3 is 9.22 Å². The van der Waals surface area contributed by atoms with Crippen LogP contribution in [-0.4, -0.2) is 61.9 Å². The first-order valence-electron chi connectivity index (χ1n) is 11.4. The molecule has 0 atom stereocenters. The van der Waals surface area contributed by atoms with Crippen molar-refractivity contribution in [3.63, 3.8) is 0 Å². The first kappa shape index (κ1) is 23.3. The normalized spacial score (nSPS) is 16.7. The smallest absolute Gasteiger partial charge is 0.410 e. The minimum atomic E-state index is -0.135. The molecule has 1 amide bonds. The number of unbranched alkanes of at least 4 members (excludes halogenated alkanes) is 11. The van der Waals surface area contributed by atoms with Gasteiger partial charge in [-0.1, -0.05) is 71.1 Å². The lowest BCUT2D eigenvalue weighted by Gasteiger charge is -2.41. The molecule has 1 saturated heterocycles. The Hall–Kier alpha value is -0.770. The first-order chi connectivity index (χ1) is 12.6. The minimum absolute atomic E-state index is 0.135. The van der Waals surface area contributed by atoms with Crippen molar-refractivity contribution in [2.45, 2.75) is 90.9 Å². The zero-order chi connectivity index (χ0) is 19.1. The molecule has 1 fully saturated rings. The second-order valence-corrected chi connectivity index (χ2v) is 8.37. The summed E-state index contributed by atoms with van der Waals surface area (Å²) in [5.41, 5.74) is 0. The van der Waals surface area contributed by atoms with Crippen LogP contribution in [0.1, 0.15) is 90.9 Å². The number of likely N-dealkylation sites (N-methyl/N-ethyl adjacent to an activating group) is 1. The van der Waals surface area contributed by atoms with Crippen molar-refractivity contribution < 1.29 is 14.0 Å². The molecule has 0 aromatic rings. The van der Waals surface area contributed by atoms with Gasteiger partial charge in [-0.25, -0.2) is 4.79 Å². The largest absolute Gasteiger partial charge is 0.450 e. The molecule has 1 aliphatic heterocycles. The molecule has 0 aliphatic carbocycles. The number of carbonyl (C=O) groups excluding carboxylic acids is 1. The summed E-state index contributed by atoms with van der Waals surface area (Å²) in [7, 11) is 2.35. The fraction of sp³-hybridized carbons (Fsp3) is 0.955. The third-order valence-corrected chi connectivity index (χ3v) is 5.90. The highest BCUT2D eigenvalue weighted by Gasteiger charge is 2.30. The van der Waals surface area contributed by atoms with Crippen LogP contribution in [0.4, 0.5) is 4.79 Å². The molecule has 0 aromatic heterocycles. The van der Waals surface area contributed by atoms with Crippen LogP contribution < -0.4 is 0 Å². The number of nitrogens with zero attached hydrogens (tertiary/aromatic N) is 2. The number of carbonyl (C=O) groups is 1. The maximum Gasteiger partial charge on any atom is 0.410 e. The molecule has 1 aliphatic rings. The molecule has 154 valence electrons. The summed E-state index contributed by atoms with van der Waals surface area (Å²) in [6.45, 7) is 9.70. The highest BCUT2D eigenvalue weighted by molar-refractivity contribution is 5.67. The average molecular weight is 370 g/mol. The van der Waals surface area contributed by atoms with Crippen LogP contribution in [0.15, 0.2) is 0 Å². The molecule has 1 rings (SSSR count). The van der Waals surface area contributed by atoms with Gasteiger partial charge in [-0.2, -0.15) is 0 Å². The lowest BCUT2D eigenvalue weighted by atomic mass is 10.0. The average Bonchev–Trinajstić information content (AvgIpc) is 2.63. The monoisotopic (exact) mass is 369 g/mol. The van der Waals surface area contributed by atoms with Crippen molar-refractivity contribution in [1.29, 1.82) is 0 Å². The van der Waals surface area contributed by atoms with E-state index in [1.807, 2.05) is 11.8 Å².